The summed E-state index contributed by atoms with van der Waals surface area (Å²) in [6, 6.07) is 17.3. The lowest BCUT2D eigenvalue weighted by Gasteiger charge is -2.32. The first kappa shape index (κ1) is 30.5. The molecule has 0 aliphatic rings. The average molecular weight is 591 g/mol. The molecule has 0 aliphatic heterocycles. The Morgan fingerprint density at radius 3 is 1.87 bits per heavy atom. The Bertz CT molecular complexity index is 1410. The third-order valence-electron chi connectivity index (χ3n) is 6.09. The lowest BCUT2D eigenvalue weighted by Crippen LogP contribution is -2.52. The van der Waals surface area contributed by atoms with Crippen molar-refractivity contribution in [2.45, 2.75) is 58.1 Å². The highest BCUT2D eigenvalue weighted by molar-refractivity contribution is 7.92. The molecule has 0 saturated heterocycles. The molecule has 0 aromatic heterocycles. The summed E-state index contributed by atoms with van der Waals surface area (Å²) < 4.78 is 28.7. The van der Waals surface area contributed by atoms with Gasteiger partial charge in [-0.3, -0.25) is 13.9 Å². The zero-order valence-electron chi connectivity index (χ0n) is 22.6. The molecule has 1 N–H and O–H groups in total. The van der Waals surface area contributed by atoms with E-state index in [1.54, 1.807) is 19.1 Å². The zero-order valence-corrected chi connectivity index (χ0v) is 24.9. The largest absolute Gasteiger partial charge is 0.352 e. The fraction of sp³-hybridized carbons (Fsp3) is 0.310. The molecular formula is C29H33Cl2N3O4S. The highest BCUT2D eigenvalue weighted by Crippen LogP contribution is 2.30. The summed E-state index contributed by atoms with van der Waals surface area (Å²) in [5.41, 5.74) is 2.87. The van der Waals surface area contributed by atoms with Crippen LogP contribution in [0.5, 0.6) is 0 Å². The Morgan fingerprint density at radius 1 is 0.846 bits per heavy atom. The molecule has 1 unspecified atom stereocenters. The van der Waals surface area contributed by atoms with E-state index in [9.17, 15) is 18.0 Å². The van der Waals surface area contributed by atoms with Crippen LogP contribution in [0.1, 0.15) is 37.5 Å². The van der Waals surface area contributed by atoms with Gasteiger partial charge in [0.2, 0.25) is 11.8 Å². The number of rotatable bonds is 10. The molecule has 0 bridgehead atoms. The van der Waals surface area contributed by atoms with E-state index in [1.807, 2.05) is 52.0 Å². The van der Waals surface area contributed by atoms with Gasteiger partial charge in [0.05, 0.1) is 10.6 Å². The van der Waals surface area contributed by atoms with E-state index in [2.05, 4.69) is 5.32 Å². The molecule has 39 heavy (non-hydrogen) atoms. The van der Waals surface area contributed by atoms with E-state index < -0.39 is 28.5 Å². The highest BCUT2D eigenvalue weighted by atomic mass is 35.5. The van der Waals surface area contributed by atoms with Gasteiger partial charge in [0.1, 0.15) is 12.6 Å². The highest BCUT2D eigenvalue weighted by Gasteiger charge is 2.33. The summed E-state index contributed by atoms with van der Waals surface area (Å²) in [4.78, 5) is 28.3. The Balaban J connectivity index is 2.06. The zero-order chi connectivity index (χ0) is 28.9. The molecule has 7 nitrogen and oxygen atoms in total. The molecule has 0 radical (unpaired) electrons. The van der Waals surface area contributed by atoms with Gasteiger partial charge in [-0.15, -0.1) is 0 Å². The summed E-state index contributed by atoms with van der Waals surface area (Å²) in [6.45, 7) is 8.62. The summed E-state index contributed by atoms with van der Waals surface area (Å²) in [7, 11) is -4.21. The lowest BCUT2D eigenvalue weighted by atomic mass is 10.1. The standard InChI is InChI=1S/C29H33Cl2N3O4S/c1-19(2)32-29(36)22(5)33(17-23-10-6-20(3)7-11-23)28(35)18-34(26-15-24(30)14-25(31)16-26)39(37,38)27-12-8-21(4)9-13-27/h6-16,19,22H,17-18H2,1-5H3,(H,32,36). The maximum Gasteiger partial charge on any atom is 0.264 e. The fourth-order valence-electron chi connectivity index (χ4n) is 3.93. The van der Waals surface area contributed by atoms with Crippen LogP contribution in [-0.4, -0.2) is 43.8 Å². The number of aryl methyl sites for hydroxylation is 2. The Kier molecular flexibility index (Phi) is 10.0. The molecule has 3 aromatic rings. The third-order valence-corrected chi connectivity index (χ3v) is 8.32. The van der Waals surface area contributed by atoms with Gasteiger partial charge >= 0.3 is 0 Å². The third kappa shape index (κ3) is 7.97. The second-order valence-electron chi connectivity index (χ2n) is 9.80. The first-order chi connectivity index (χ1) is 18.3. The molecule has 0 aliphatic carbocycles. The van der Waals surface area contributed by atoms with E-state index in [0.29, 0.717) is 0 Å². The maximum absolute atomic E-state index is 13.9. The van der Waals surface area contributed by atoms with Crippen LogP contribution in [0.3, 0.4) is 0 Å². The van der Waals surface area contributed by atoms with Crippen molar-refractivity contribution >= 4 is 50.7 Å². The van der Waals surface area contributed by atoms with Crippen molar-refractivity contribution in [2.24, 2.45) is 0 Å². The number of nitrogens with zero attached hydrogens (tertiary/aromatic N) is 2. The first-order valence-electron chi connectivity index (χ1n) is 12.5. The van der Waals surface area contributed by atoms with Gasteiger partial charge < -0.3 is 10.2 Å². The number of amides is 2. The van der Waals surface area contributed by atoms with Crippen LogP contribution in [-0.2, 0) is 26.2 Å². The Morgan fingerprint density at radius 2 is 1.36 bits per heavy atom. The van der Waals surface area contributed by atoms with Crippen molar-refractivity contribution in [1.82, 2.24) is 10.2 Å². The topological polar surface area (TPSA) is 86.8 Å². The van der Waals surface area contributed by atoms with Crippen molar-refractivity contribution in [3.8, 4) is 0 Å². The smallest absolute Gasteiger partial charge is 0.264 e. The number of hydrogen-bond donors (Lipinski definition) is 1. The summed E-state index contributed by atoms with van der Waals surface area (Å²) >= 11 is 12.4. The van der Waals surface area contributed by atoms with Crippen molar-refractivity contribution in [1.29, 1.82) is 0 Å². The van der Waals surface area contributed by atoms with Crippen molar-refractivity contribution in [3.05, 3.63) is 93.5 Å². The van der Waals surface area contributed by atoms with Gasteiger partial charge in [-0.05, 0) is 70.5 Å². The van der Waals surface area contributed by atoms with Crippen LogP contribution >= 0.6 is 23.2 Å². The van der Waals surface area contributed by atoms with E-state index in [1.165, 1.54) is 35.2 Å². The number of anilines is 1. The van der Waals surface area contributed by atoms with Gasteiger partial charge in [0, 0.05) is 22.6 Å². The SMILES string of the molecule is Cc1ccc(CN(C(=O)CN(c2cc(Cl)cc(Cl)c2)S(=O)(=O)c2ccc(C)cc2)C(C)C(=O)NC(C)C)cc1. The quantitative estimate of drug-likeness (QED) is 0.326. The molecule has 208 valence electrons. The molecule has 0 spiro atoms. The summed E-state index contributed by atoms with van der Waals surface area (Å²) in [5.74, 6) is -0.905. The van der Waals surface area contributed by atoms with Gasteiger partial charge in [-0.2, -0.15) is 0 Å². The lowest BCUT2D eigenvalue weighted by molar-refractivity contribution is -0.139. The molecule has 3 rings (SSSR count). The predicted octanol–water partition coefficient (Wildman–Crippen LogP) is 5.75. The second-order valence-corrected chi connectivity index (χ2v) is 12.5. The number of nitrogens with one attached hydrogen (secondary N) is 1. The van der Waals surface area contributed by atoms with Gasteiger partial charge in [-0.25, -0.2) is 8.42 Å². The molecule has 10 heteroatoms. The van der Waals surface area contributed by atoms with Gasteiger partial charge in [0.15, 0.2) is 0 Å². The summed E-state index contributed by atoms with van der Waals surface area (Å²) in [6.07, 6.45) is 0. The molecule has 2 amide bonds. The molecule has 0 saturated carbocycles. The number of sulfonamides is 1. The molecule has 3 aromatic carbocycles. The molecule has 1 atom stereocenters. The minimum atomic E-state index is -4.21. The Hall–Kier alpha value is -3.07. The van der Waals surface area contributed by atoms with E-state index in [4.69, 9.17) is 23.2 Å². The van der Waals surface area contributed by atoms with Crippen LogP contribution in [0.2, 0.25) is 10.0 Å². The second kappa shape index (κ2) is 12.9. The first-order valence-corrected chi connectivity index (χ1v) is 14.7. The maximum atomic E-state index is 13.9. The number of carbonyl (C=O) groups excluding carboxylic acids is 2. The monoisotopic (exact) mass is 589 g/mol. The Labute approximate surface area is 240 Å². The number of carbonyl (C=O) groups is 2. The average Bonchev–Trinajstić information content (AvgIpc) is 2.85. The van der Waals surface area contributed by atoms with Crippen LogP contribution < -0.4 is 9.62 Å². The van der Waals surface area contributed by atoms with Crippen LogP contribution in [0.15, 0.2) is 71.6 Å². The van der Waals surface area contributed by atoms with Crippen molar-refractivity contribution < 1.29 is 18.0 Å². The van der Waals surface area contributed by atoms with Gasteiger partial charge in [-0.1, -0.05) is 70.7 Å². The molecule has 0 fully saturated rings. The minimum absolute atomic E-state index is 0.00711. The number of benzene rings is 3. The van der Waals surface area contributed by atoms with Crippen LogP contribution in [0.4, 0.5) is 5.69 Å². The van der Waals surface area contributed by atoms with E-state index in [0.717, 1.165) is 21.0 Å². The number of halogens is 2. The van der Waals surface area contributed by atoms with E-state index >= 15 is 0 Å². The van der Waals surface area contributed by atoms with Crippen LogP contribution in [0, 0.1) is 13.8 Å². The minimum Gasteiger partial charge on any atom is -0.352 e. The van der Waals surface area contributed by atoms with Gasteiger partial charge in [0.25, 0.3) is 10.0 Å². The van der Waals surface area contributed by atoms with Crippen molar-refractivity contribution in [3.63, 3.8) is 0 Å². The van der Waals surface area contributed by atoms with Crippen LogP contribution in [0.25, 0.3) is 0 Å². The fourth-order valence-corrected chi connectivity index (χ4v) is 5.84. The summed E-state index contributed by atoms with van der Waals surface area (Å²) in [5, 5.41) is 3.27. The number of hydrogen-bond acceptors (Lipinski definition) is 4. The molecular weight excluding hydrogens is 557 g/mol. The predicted molar refractivity (Wildman–Crippen MR) is 157 cm³/mol. The normalized spacial score (nSPS) is 12.2. The molecule has 0 heterocycles. The van der Waals surface area contributed by atoms with E-state index in [-0.39, 0.29) is 39.1 Å². The van der Waals surface area contributed by atoms with Crippen molar-refractivity contribution in [2.75, 3.05) is 10.8 Å².